The Morgan fingerprint density at radius 1 is 0.848 bits per heavy atom. The number of aliphatic hydroxyl groups excluding tert-OH is 1. The van der Waals surface area contributed by atoms with Gasteiger partial charge in [-0.25, -0.2) is 0 Å². The molecule has 1 radical (unpaired) electrons. The largest absolute Gasteiger partial charge is 0.512 e. The second-order valence-electron chi connectivity index (χ2n) is 12.9. The number of fused-ring (bicyclic) bond motifs is 4. The number of nitrogens with zero attached hydrogens (tertiary/aromatic N) is 1. The Morgan fingerprint density at radius 3 is 2.11 bits per heavy atom. The minimum absolute atomic E-state index is 0. The molecule has 5 heteroatoms. The van der Waals surface area contributed by atoms with E-state index >= 15 is 0 Å². The monoisotopic (exact) mass is 813 g/mol. The maximum Gasteiger partial charge on any atom is 0.162 e. The fourth-order valence-corrected chi connectivity index (χ4v) is 7.54. The number of carbonyl (C=O) groups is 1. The van der Waals surface area contributed by atoms with E-state index in [2.05, 4.69) is 88.4 Å². The van der Waals surface area contributed by atoms with Crippen LogP contribution in [0.15, 0.2) is 72.6 Å². The van der Waals surface area contributed by atoms with Crippen molar-refractivity contribution in [3.63, 3.8) is 0 Å². The van der Waals surface area contributed by atoms with Crippen molar-refractivity contribution in [3.8, 4) is 11.3 Å². The molecule has 0 bridgehead atoms. The number of rotatable bonds is 11. The number of benzene rings is 3. The average Bonchev–Trinajstić information content (AvgIpc) is 3.42. The van der Waals surface area contributed by atoms with Gasteiger partial charge in [0, 0.05) is 64.7 Å². The number of hydrogen-bond acceptors (Lipinski definition) is 4. The number of carbonyl (C=O) groups excluding carboxylic acids is 1. The van der Waals surface area contributed by atoms with Gasteiger partial charge in [-0.05, 0) is 61.0 Å². The minimum atomic E-state index is 0. The van der Waals surface area contributed by atoms with Gasteiger partial charge in [-0.15, -0.1) is 40.5 Å². The van der Waals surface area contributed by atoms with E-state index in [0.717, 1.165) is 43.4 Å². The molecule has 247 valence electrons. The summed E-state index contributed by atoms with van der Waals surface area (Å²) in [6.07, 6.45) is 7.97. The molecule has 2 aromatic heterocycles. The van der Waals surface area contributed by atoms with Crippen LogP contribution in [0.1, 0.15) is 98.1 Å². The predicted octanol–water partition coefficient (Wildman–Crippen LogP) is 12.3. The maximum absolute atomic E-state index is 11.7. The van der Waals surface area contributed by atoms with E-state index < -0.39 is 0 Å². The molecule has 3 nitrogen and oxygen atoms in total. The first-order valence-corrected chi connectivity index (χ1v) is 17.6. The summed E-state index contributed by atoms with van der Waals surface area (Å²) in [5.74, 6) is 1.63. The number of allylic oxidation sites excluding steroid dienone is 2. The first-order chi connectivity index (χ1) is 21.6. The quantitative estimate of drug-likeness (QED) is 0.0821. The summed E-state index contributed by atoms with van der Waals surface area (Å²) in [5.41, 5.74) is 4.96. The summed E-state index contributed by atoms with van der Waals surface area (Å²) >= 11 is 1.89. The zero-order valence-electron chi connectivity index (χ0n) is 28.7. The Balaban J connectivity index is 0.000000309. The number of aliphatic hydroxyl groups is 1. The third-order valence-corrected chi connectivity index (χ3v) is 10.2. The van der Waals surface area contributed by atoms with Crippen molar-refractivity contribution in [1.82, 2.24) is 4.98 Å². The second-order valence-corrected chi connectivity index (χ2v) is 13.9. The summed E-state index contributed by atoms with van der Waals surface area (Å²) in [4.78, 5) is 16.6. The number of ketones is 1. The molecule has 3 aromatic carbocycles. The van der Waals surface area contributed by atoms with Crippen LogP contribution in [0.5, 0.6) is 0 Å². The maximum atomic E-state index is 11.7. The Hall–Kier alpha value is -2.85. The van der Waals surface area contributed by atoms with Gasteiger partial charge in [-0.3, -0.25) is 9.78 Å². The molecule has 5 rings (SSSR count). The summed E-state index contributed by atoms with van der Waals surface area (Å²) in [6, 6.07) is 23.4. The van der Waals surface area contributed by atoms with Gasteiger partial charge < -0.3 is 5.11 Å². The number of pyridine rings is 1. The van der Waals surface area contributed by atoms with Crippen molar-refractivity contribution in [2.75, 3.05) is 0 Å². The Labute approximate surface area is 293 Å². The number of thiophene rings is 1. The summed E-state index contributed by atoms with van der Waals surface area (Å²) in [5, 5.41) is 14.9. The van der Waals surface area contributed by atoms with Crippen LogP contribution in [0.4, 0.5) is 0 Å². The first-order valence-electron chi connectivity index (χ1n) is 16.8. The van der Waals surface area contributed by atoms with Gasteiger partial charge in [0.25, 0.3) is 0 Å². The molecular weight excluding hydrogens is 763 g/mol. The SMILES string of the molecule is CC(C)Cc1cccc2c1sc1c(-c3[c-]c4ccccc4c(C(C)C)c3)nccc12.CCC(CC)C(=O)/C=C(\O)C(CC)CC.[Ir]. The van der Waals surface area contributed by atoms with Crippen molar-refractivity contribution >= 4 is 48.1 Å². The number of aromatic nitrogens is 1. The smallest absolute Gasteiger partial charge is 0.162 e. The number of hydrogen-bond donors (Lipinski definition) is 1. The molecular formula is C41H50IrNO2S-. The van der Waals surface area contributed by atoms with Crippen LogP contribution >= 0.6 is 11.3 Å². The van der Waals surface area contributed by atoms with Crippen LogP contribution in [-0.4, -0.2) is 15.9 Å². The molecule has 0 spiro atoms. The van der Waals surface area contributed by atoms with E-state index in [4.69, 9.17) is 4.98 Å². The molecule has 0 aliphatic heterocycles. The topological polar surface area (TPSA) is 50.2 Å². The minimum Gasteiger partial charge on any atom is -0.512 e. The van der Waals surface area contributed by atoms with Gasteiger partial charge in [-0.2, -0.15) is 0 Å². The standard InChI is InChI=1S/C28H26NS.C13H24O2.Ir/c1-17(2)14-20-9-7-11-23-24-12-13-29-26(28(24)30-27(20)23)21-15-19-8-5-6-10-22(19)25(16-21)18(3)4;1-5-10(6-2)12(14)9-13(15)11(7-3)8-4;/h5-13,16-18H,14H2,1-4H3;9-11,14H,5-8H2,1-4H3;/q-1;;/b;12-9-;. The van der Waals surface area contributed by atoms with Crippen molar-refractivity contribution < 1.29 is 30.0 Å². The molecule has 5 aromatic rings. The third kappa shape index (κ3) is 8.54. The zero-order chi connectivity index (χ0) is 32.7. The van der Waals surface area contributed by atoms with E-state index in [1.807, 2.05) is 45.2 Å². The van der Waals surface area contributed by atoms with Crippen molar-refractivity contribution in [1.29, 1.82) is 0 Å². The molecule has 0 amide bonds. The average molecular weight is 813 g/mol. The van der Waals surface area contributed by atoms with Crippen molar-refractivity contribution in [3.05, 3.63) is 89.8 Å². The molecule has 0 saturated heterocycles. The molecule has 1 N–H and O–H groups in total. The van der Waals surface area contributed by atoms with Gasteiger partial charge in [0.15, 0.2) is 5.78 Å². The van der Waals surface area contributed by atoms with Crippen molar-refractivity contribution in [2.45, 2.75) is 93.4 Å². The van der Waals surface area contributed by atoms with Crippen LogP contribution in [0.3, 0.4) is 0 Å². The second kappa shape index (κ2) is 17.3. The zero-order valence-corrected chi connectivity index (χ0v) is 32.0. The summed E-state index contributed by atoms with van der Waals surface area (Å²) in [7, 11) is 0. The van der Waals surface area contributed by atoms with Crippen molar-refractivity contribution in [2.24, 2.45) is 17.8 Å². The van der Waals surface area contributed by atoms with E-state index in [-0.39, 0.29) is 43.5 Å². The van der Waals surface area contributed by atoms with E-state index in [9.17, 15) is 9.90 Å². The Kier molecular flexibility index (Phi) is 14.2. The van der Waals surface area contributed by atoms with Gasteiger partial charge in [0.2, 0.25) is 0 Å². The summed E-state index contributed by atoms with van der Waals surface area (Å²) < 4.78 is 2.67. The van der Waals surface area contributed by atoms with Gasteiger partial charge >= 0.3 is 0 Å². The van der Waals surface area contributed by atoms with Crippen LogP contribution in [0, 0.1) is 23.8 Å². The van der Waals surface area contributed by atoms with Gasteiger partial charge in [-0.1, -0.05) is 103 Å². The molecule has 0 fully saturated rings. The molecule has 0 saturated carbocycles. The molecule has 0 atom stereocenters. The molecule has 0 aliphatic rings. The van der Waals surface area contributed by atoms with E-state index in [1.165, 1.54) is 48.1 Å². The fraction of sp³-hybridized carbons (Fsp3) is 0.415. The first kappa shape index (κ1) is 37.6. The molecule has 46 heavy (non-hydrogen) atoms. The van der Waals surface area contributed by atoms with Crippen LogP contribution in [0.2, 0.25) is 0 Å². The Morgan fingerprint density at radius 2 is 1.48 bits per heavy atom. The third-order valence-electron chi connectivity index (χ3n) is 8.89. The normalized spacial score (nSPS) is 12.0. The molecule has 2 heterocycles. The fourth-order valence-electron chi connectivity index (χ4n) is 6.22. The van der Waals surface area contributed by atoms with Crippen LogP contribution in [-0.2, 0) is 31.3 Å². The predicted molar refractivity (Wildman–Crippen MR) is 195 cm³/mol. The van der Waals surface area contributed by atoms with E-state index in [0.29, 0.717) is 11.8 Å². The molecule has 0 aliphatic carbocycles. The van der Waals surface area contributed by atoms with Gasteiger partial charge in [0.05, 0.1) is 5.76 Å². The van der Waals surface area contributed by atoms with Crippen LogP contribution in [0.25, 0.3) is 42.2 Å². The van der Waals surface area contributed by atoms with E-state index in [1.54, 1.807) is 0 Å². The molecule has 0 unspecified atom stereocenters. The Bertz CT molecular complexity index is 1780. The van der Waals surface area contributed by atoms with Gasteiger partial charge in [0.1, 0.15) is 0 Å². The summed E-state index contributed by atoms with van der Waals surface area (Å²) in [6.45, 7) is 17.2. The van der Waals surface area contributed by atoms with Crippen LogP contribution < -0.4 is 0 Å².